The van der Waals surface area contributed by atoms with Crippen LogP contribution < -0.4 is 0 Å². The van der Waals surface area contributed by atoms with Crippen LogP contribution in [0.1, 0.15) is 0 Å². The molecule has 62 heavy (non-hydrogen) atoms. The molecule has 10 aromatic carbocycles. The van der Waals surface area contributed by atoms with E-state index >= 15 is 0 Å². The largest absolute Gasteiger partial charge is 0.264 e. The van der Waals surface area contributed by atoms with Crippen LogP contribution >= 0.6 is 0 Å². The van der Waals surface area contributed by atoms with Crippen molar-refractivity contribution in [3.05, 3.63) is 201 Å². The zero-order valence-corrected chi connectivity index (χ0v) is 33.3. The zero-order chi connectivity index (χ0) is 40.7. The van der Waals surface area contributed by atoms with Gasteiger partial charge in [-0.05, 0) is 129 Å². The van der Waals surface area contributed by atoms with Gasteiger partial charge >= 0.3 is 0 Å². The second-order valence-electron chi connectivity index (χ2n) is 16.0. The van der Waals surface area contributed by atoms with E-state index in [4.69, 9.17) is 19.9 Å². The zero-order valence-electron chi connectivity index (χ0n) is 33.3. The number of hydrogen-bond acceptors (Lipinski definition) is 5. The molecule has 3 heterocycles. The molecule has 0 spiro atoms. The summed E-state index contributed by atoms with van der Waals surface area (Å²) < 4.78 is 0. The van der Waals surface area contributed by atoms with Gasteiger partial charge in [0.1, 0.15) is 0 Å². The maximum absolute atomic E-state index is 5.16. The van der Waals surface area contributed by atoms with Crippen molar-refractivity contribution in [3.8, 4) is 56.5 Å². The van der Waals surface area contributed by atoms with Crippen LogP contribution in [-0.4, -0.2) is 24.9 Å². The summed E-state index contributed by atoms with van der Waals surface area (Å²) in [5.41, 5.74) is 6.75. The highest BCUT2D eigenvalue weighted by atomic mass is 15.0. The minimum absolute atomic E-state index is 0.560. The van der Waals surface area contributed by atoms with Crippen molar-refractivity contribution in [1.82, 2.24) is 24.9 Å². The fraction of sp³-hybridized carbons (Fsp3) is 0. The number of rotatable bonds is 5. The lowest BCUT2D eigenvalue weighted by molar-refractivity contribution is 1.07. The topological polar surface area (TPSA) is 64.5 Å². The predicted molar refractivity (Wildman–Crippen MR) is 256 cm³/mol. The number of benzene rings is 9. The van der Waals surface area contributed by atoms with Crippen LogP contribution in [0.3, 0.4) is 0 Å². The highest BCUT2D eigenvalue weighted by molar-refractivity contribution is 6.37. The van der Waals surface area contributed by atoms with Crippen molar-refractivity contribution in [2.24, 2.45) is 0 Å². The standard InChI is InChI=1S/C57H33N5/c1-2-10-37(11-3-1)55-60-56(40-25-28-50(59-33-40)39-15-9-29-58-32-39)62-57(61-55)48-27-26-42(43-16-4-5-17-44(43)48)41-30-38-24-23-36-13-7-19-46-45-18-6-12-34-21-22-35-14-8-20-47(53(35)51(34)45)49(31-41)54(38)52(36)46/h1-33H. The van der Waals surface area contributed by atoms with Gasteiger partial charge in [0.05, 0.1) is 5.69 Å². The molecule has 0 N–H and O–H groups in total. The monoisotopic (exact) mass is 787 g/mol. The molecule has 0 saturated heterocycles. The van der Waals surface area contributed by atoms with Crippen LogP contribution in [0.15, 0.2) is 201 Å². The quantitative estimate of drug-likeness (QED) is 0.163. The molecule has 0 amide bonds. The predicted octanol–water partition coefficient (Wildman–Crippen LogP) is 14.5. The minimum atomic E-state index is 0.560. The SMILES string of the molecule is c1ccc(-c2nc(-c3ccc(-c4cccnc4)nc3)nc(-c3ccc(-c4cc5ccc6cccc7c8cccc9ccc%10cccc(c(c4)c5c67)c%10c98)c4ccccc34)n2)cc1. The van der Waals surface area contributed by atoms with Crippen molar-refractivity contribution in [1.29, 1.82) is 0 Å². The van der Waals surface area contributed by atoms with Gasteiger partial charge in [-0.3, -0.25) is 9.97 Å². The molecule has 0 unspecified atom stereocenters. The Morgan fingerprint density at radius 3 is 1.48 bits per heavy atom. The second kappa shape index (κ2) is 13.6. The third-order valence-corrected chi connectivity index (χ3v) is 12.5. The fourth-order valence-electron chi connectivity index (χ4n) is 9.74. The van der Waals surface area contributed by atoms with E-state index in [2.05, 4.69) is 132 Å². The lowest BCUT2D eigenvalue weighted by Gasteiger charge is -2.18. The van der Waals surface area contributed by atoms with Crippen molar-refractivity contribution in [2.45, 2.75) is 0 Å². The maximum atomic E-state index is 5.16. The summed E-state index contributed by atoms with van der Waals surface area (Å²) in [5, 5.41) is 17.4. The Balaban J connectivity index is 1.05. The number of hydrogen-bond donors (Lipinski definition) is 0. The molecule has 0 atom stereocenters. The molecule has 13 aromatic rings. The van der Waals surface area contributed by atoms with Crippen LogP contribution in [0.2, 0.25) is 0 Å². The van der Waals surface area contributed by atoms with Crippen LogP contribution in [-0.2, 0) is 0 Å². The van der Waals surface area contributed by atoms with Crippen molar-refractivity contribution >= 4 is 75.4 Å². The first-order valence-corrected chi connectivity index (χ1v) is 20.9. The molecule has 3 aromatic heterocycles. The second-order valence-corrected chi connectivity index (χ2v) is 16.0. The Kier molecular flexibility index (Phi) is 7.54. The van der Waals surface area contributed by atoms with E-state index in [1.807, 2.05) is 67.0 Å². The van der Waals surface area contributed by atoms with Gasteiger partial charge in [0.2, 0.25) is 0 Å². The van der Waals surface area contributed by atoms with Gasteiger partial charge < -0.3 is 0 Å². The molecule has 13 rings (SSSR count). The highest BCUT2D eigenvalue weighted by Gasteiger charge is 2.19. The van der Waals surface area contributed by atoms with Gasteiger partial charge in [0.15, 0.2) is 17.5 Å². The van der Waals surface area contributed by atoms with E-state index in [9.17, 15) is 0 Å². The summed E-state index contributed by atoms with van der Waals surface area (Å²) in [4.78, 5) is 24.4. The first-order valence-electron chi connectivity index (χ1n) is 20.9. The first kappa shape index (κ1) is 34.5. The number of fused-ring (bicyclic) bond motifs is 3. The van der Waals surface area contributed by atoms with E-state index in [1.165, 1.54) is 64.6 Å². The van der Waals surface area contributed by atoms with Crippen LogP contribution in [0.25, 0.3) is 132 Å². The summed E-state index contributed by atoms with van der Waals surface area (Å²) in [6.07, 6.45) is 5.42. The maximum Gasteiger partial charge on any atom is 0.165 e. The Morgan fingerprint density at radius 1 is 0.290 bits per heavy atom. The number of aromatic nitrogens is 5. The molecule has 5 nitrogen and oxygen atoms in total. The van der Waals surface area contributed by atoms with Gasteiger partial charge in [-0.1, -0.05) is 140 Å². The van der Waals surface area contributed by atoms with Gasteiger partial charge in [-0.2, -0.15) is 0 Å². The molecule has 0 saturated carbocycles. The Labute approximate surface area is 356 Å². The number of nitrogens with zero attached hydrogens (tertiary/aromatic N) is 5. The summed E-state index contributed by atoms with van der Waals surface area (Å²) in [7, 11) is 0. The minimum Gasteiger partial charge on any atom is -0.264 e. The lowest BCUT2D eigenvalue weighted by atomic mass is 9.86. The molecule has 0 fully saturated rings. The molecule has 0 aliphatic heterocycles. The molecule has 286 valence electrons. The Hall–Kier alpha value is -8.41. The van der Waals surface area contributed by atoms with Crippen molar-refractivity contribution in [3.63, 3.8) is 0 Å². The molecule has 0 aliphatic carbocycles. The third kappa shape index (κ3) is 5.32. The number of pyridine rings is 2. The molecule has 0 aliphatic rings. The van der Waals surface area contributed by atoms with Gasteiger partial charge in [-0.15, -0.1) is 0 Å². The van der Waals surface area contributed by atoms with Crippen LogP contribution in [0.4, 0.5) is 0 Å². The van der Waals surface area contributed by atoms with Crippen molar-refractivity contribution in [2.75, 3.05) is 0 Å². The molecular weight excluding hydrogens is 755 g/mol. The lowest BCUT2D eigenvalue weighted by Crippen LogP contribution is -2.01. The van der Waals surface area contributed by atoms with Crippen molar-refractivity contribution < 1.29 is 0 Å². The van der Waals surface area contributed by atoms with Gasteiger partial charge in [0, 0.05) is 40.8 Å². The van der Waals surface area contributed by atoms with Gasteiger partial charge in [0.25, 0.3) is 0 Å². The summed E-state index contributed by atoms with van der Waals surface area (Å²) in [6, 6.07) is 65.3. The Bertz CT molecular complexity index is 3900. The normalized spacial score (nSPS) is 11.9. The average molecular weight is 788 g/mol. The first-order chi connectivity index (χ1) is 30.7. The third-order valence-electron chi connectivity index (χ3n) is 12.5. The smallest absolute Gasteiger partial charge is 0.165 e. The summed E-state index contributed by atoms with van der Waals surface area (Å²) in [5.74, 6) is 1.77. The van der Waals surface area contributed by atoms with Crippen LogP contribution in [0.5, 0.6) is 0 Å². The van der Waals surface area contributed by atoms with Crippen LogP contribution in [0, 0.1) is 0 Å². The van der Waals surface area contributed by atoms with Gasteiger partial charge in [-0.25, -0.2) is 15.0 Å². The summed E-state index contributed by atoms with van der Waals surface area (Å²) in [6.45, 7) is 0. The van der Waals surface area contributed by atoms with E-state index in [1.54, 1.807) is 6.20 Å². The molecule has 0 radical (unpaired) electrons. The molecule has 0 bridgehead atoms. The van der Waals surface area contributed by atoms with E-state index in [0.717, 1.165) is 49.8 Å². The van der Waals surface area contributed by atoms with E-state index < -0.39 is 0 Å². The average Bonchev–Trinajstić information content (AvgIpc) is 3.35. The summed E-state index contributed by atoms with van der Waals surface area (Å²) >= 11 is 0. The van der Waals surface area contributed by atoms with E-state index in [0.29, 0.717) is 17.5 Å². The van der Waals surface area contributed by atoms with E-state index in [-0.39, 0.29) is 0 Å². The molecular formula is C57H33N5. The molecule has 5 heteroatoms. The Morgan fingerprint density at radius 2 is 0.839 bits per heavy atom. The highest BCUT2D eigenvalue weighted by Crippen LogP contribution is 2.45. The fourth-order valence-corrected chi connectivity index (χ4v) is 9.74.